The molecule has 3 heteroatoms. The second-order valence-corrected chi connectivity index (χ2v) is 3.95. The van der Waals surface area contributed by atoms with Gasteiger partial charge in [-0.1, -0.05) is 0 Å². The van der Waals surface area contributed by atoms with Crippen molar-refractivity contribution in [2.45, 2.75) is 25.7 Å². The Bertz CT molecular complexity index is 324. The maximum absolute atomic E-state index is 11.4. The van der Waals surface area contributed by atoms with Crippen molar-refractivity contribution in [2.24, 2.45) is 5.92 Å². The molecule has 0 aromatic carbocycles. The summed E-state index contributed by atoms with van der Waals surface area (Å²) >= 11 is 0. The lowest BCUT2D eigenvalue weighted by Crippen LogP contribution is -2.31. The van der Waals surface area contributed by atoms with E-state index in [0.717, 1.165) is 32.2 Å². The van der Waals surface area contributed by atoms with Crippen LogP contribution in [0.3, 0.4) is 0 Å². The van der Waals surface area contributed by atoms with Gasteiger partial charge >= 0.3 is 0 Å². The number of pyridine rings is 1. The fourth-order valence-corrected chi connectivity index (χ4v) is 1.94. The number of carbonyl (C=O) groups excluding carboxylic acids is 1. The predicted molar refractivity (Wildman–Crippen MR) is 57.3 cm³/mol. The summed E-state index contributed by atoms with van der Waals surface area (Å²) < 4.78 is 0. The molecule has 2 rings (SSSR count). The quantitative estimate of drug-likeness (QED) is 0.748. The standard InChI is InChI=1S/C12H15N2O/c15-12-11(2-1-7-14-12)4-3-10-5-8-13-9-6-10/h5-6,8-9,11H,1-4,7H2. The predicted octanol–water partition coefficient (Wildman–Crippen LogP) is 1.56. The van der Waals surface area contributed by atoms with Crippen LogP contribution in [0.4, 0.5) is 0 Å². The molecule has 1 aliphatic rings. The third-order valence-corrected chi connectivity index (χ3v) is 2.86. The Morgan fingerprint density at radius 1 is 1.33 bits per heavy atom. The Morgan fingerprint density at radius 2 is 2.13 bits per heavy atom. The molecule has 1 aromatic rings. The number of nitrogens with zero attached hydrogens (tertiary/aromatic N) is 2. The van der Waals surface area contributed by atoms with Crippen LogP contribution < -0.4 is 5.32 Å². The second kappa shape index (κ2) is 4.91. The Morgan fingerprint density at radius 3 is 2.87 bits per heavy atom. The summed E-state index contributed by atoms with van der Waals surface area (Å²) in [6, 6.07) is 4.01. The van der Waals surface area contributed by atoms with Gasteiger partial charge in [-0.15, -0.1) is 0 Å². The van der Waals surface area contributed by atoms with Gasteiger partial charge in [-0.05, 0) is 43.4 Å². The van der Waals surface area contributed by atoms with Gasteiger partial charge in [-0.2, -0.15) is 0 Å². The minimum atomic E-state index is 0.107. The Kier molecular flexibility index (Phi) is 3.33. The molecule has 0 aliphatic carbocycles. The fraction of sp³-hybridized carbons (Fsp3) is 0.500. The molecule has 0 bridgehead atoms. The Hall–Kier alpha value is -1.38. The van der Waals surface area contributed by atoms with Crippen molar-refractivity contribution >= 4 is 5.91 Å². The van der Waals surface area contributed by atoms with Gasteiger partial charge in [-0.25, -0.2) is 0 Å². The molecule has 1 radical (unpaired) electrons. The Balaban J connectivity index is 1.85. The molecule has 1 unspecified atom stereocenters. The van der Waals surface area contributed by atoms with Crippen molar-refractivity contribution in [2.75, 3.05) is 6.54 Å². The zero-order valence-corrected chi connectivity index (χ0v) is 8.72. The number of amides is 1. The average molecular weight is 203 g/mol. The van der Waals surface area contributed by atoms with Crippen LogP contribution in [0.2, 0.25) is 0 Å². The molecule has 1 saturated heterocycles. The molecule has 2 heterocycles. The van der Waals surface area contributed by atoms with Crippen LogP contribution in [0.1, 0.15) is 24.8 Å². The van der Waals surface area contributed by atoms with Crippen molar-refractivity contribution in [3.8, 4) is 0 Å². The minimum Gasteiger partial charge on any atom is -0.273 e. The molecule has 1 aromatic heterocycles. The van der Waals surface area contributed by atoms with E-state index in [2.05, 4.69) is 10.3 Å². The lowest BCUT2D eigenvalue weighted by Gasteiger charge is -2.19. The van der Waals surface area contributed by atoms with Crippen LogP contribution in [-0.2, 0) is 11.2 Å². The van der Waals surface area contributed by atoms with Crippen LogP contribution in [0.25, 0.3) is 0 Å². The molecule has 0 N–H and O–H groups in total. The summed E-state index contributed by atoms with van der Waals surface area (Å²) in [5.41, 5.74) is 1.25. The van der Waals surface area contributed by atoms with Gasteiger partial charge in [0.1, 0.15) is 0 Å². The van der Waals surface area contributed by atoms with E-state index in [0.29, 0.717) is 0 Å². The molecule has 79 valence electrons. The first kappa shape index (κ1) is 10.1. The molecule has 0 spiro atoms. The van der Waals surface area contributed by atoms with Crippen LogP contribution in [0.15, 0.2) is 24.5 Å². The van der Waals surface area contributed by atoms with E-state index < -0.39 is 0 Å². The van der Waals surface area contributed by atoms with E-state index in [1.54, 1.807) is 12.4 Å². The highest BCUT2D eigenvalue weighted by molar-refractivity contribution is 5.78. The third kappa shape index (κ3) is 2.78. The summed E-state index contributed by atoms with van der Waals surface area (Å²) in [6.45, 7) is 0.727. The molecule has 15 heavy (non-hydrogen) atoms. The largest absolute Gasteiger partial charge is 0.273 e. The molecular formula is C12H15N2O. The number of aryl methyl sites for hydroxylation is 1. The molecule has 3 nitrogen and oxygen atoms in total. The van der Waals surface area contributed by atoms with E-state index in [9.17, 15) is 4.79 Å². The molecule has 1 amide bonds. The van der Waals surface area contributed by atoms with E-state index in [4.69, 9.17) is 0 Å². The van der Waals surface area contributed by atoms with Gasteiger partial charge in [0.2, 0.25) is 5.91 Å². The lowest BCUT2D eigenvalue weighted by atomic mass is 9.92. The average Bonchev–Trinajstić information content (AvgIpc) is 2.29. The van der Waals surface area contributed by atoms with Gasteiger partial charge < -0.3 is 0 Å². The molecule has 1 fully saturated rings. The Labute approximate surface area is 89.9 Å². The third-order valence-electron chi connectivity index (χ3n) is 2.86. The lowest BCUT2D eigenvalue weighted by molar-refractivity contribution is -0.127. The normalized spacial score (nSPS) is 21.1. The SMILES string of the molecule is O=C1[N]CCCC1CCc1ccncc1. The highest BCUT2D eigenvalue weighted by Crippen LogP contribution is 2.18. The van der Waals surface area contributed by atoms with Gasteiger partial charge in [-0.3, -0.25) is 15.1 Å². The summed E-state index contributed by atoms with van der Waals surface area (Å²) in [4.78, 5) is 15.4. The van der Waals surface area contributed by atoms with Crippen LogP contribution >= 0.6 is 0 Å². The molecule has 1 aliphatic heterocycles. The van der Waals surface area contributed by atoms with Crippen LogP contribution in [-0.4, -0.2) is 17.4 Å². The number of hydrogen-bond donors (Lipinski definition) is 0. The minimum absolute atomic E-state index is 0.107. The van der Waals surface area contributed by atoms with E-state index in [1.807, 2.05) is 12.1 Å². The second-order valence-electron chi connectivity index (χ2n) is 3.95. The number of piperidine rings is 1. The van der Waals surface area contributed by atoms with E-state index >= 15 is 0 Å². The van der Waals surface area contributed by atoms with Gasteiger partial charge in [0.15, 0.2) is 0 Å². The maximum Gasteiger partial charge on any atom is 0.244 e. The number of hydrogen-bond acceptors (Lipinski definition) is 2. The highest BCUT2D eigenvalue weighted by Gasteiger charge is 2.22. The topological polar surface area (TPSA) is 44.1 Å². The highest BCUT2D eigenvalue weighted by atomic mass is 16.1. The van der Waals surface area contributed by atoms with Gasteiger partial charge in [0, 0.05) is 24.9 Å². The van der Waals surface area contributed by atoms with E-state index in [-0.39, 0.29) is 11.8 Å². The molecular weight excluding hydrogens is 188 g/mol. The monoisotopic (exact) mass is 203 g/mol. The van der Waals surface area contributed by atoms with Crippen molar-refractivity contribution < 1.29 is 4.79 Å². The smallest absolute Gasteiger partial charge is 0.244 e. The zero-order valence-electron chi connectivity index (χ0n) is 8.72. The number of rotatable bonds is 3. The van der Waals surface area contributed by atoms with Crippen molar-refractivity contribution in [3.05, 3.63) is 30.1 Å². The summed E-state index contributed by atoms with van der Waals surface area (Å²) in [6.07, 6.45) is 7.53. The first-order valence-corrected chi connectivity index (χ1v) is 5.46. The first-order chi connectivity index (χ1) is 7.36. The van der Waals surface area contributed by atoms with Gasteiger partial charge in [0.05, 0.1) is 0 Å². The van der Waals surface area contributed by atoms with E-state index in [1.165, 1.54) is 5.56 Å². The van der Waals surface area contributed by atoms with Crippen molar-refractivity contribution in [3.63, 3.8) is 0 Å². The summed E-state index contributed by atoms with van der Waals surface area (Å²) in [7, 11) is 0. The first-order valence-electron chi connectivity index (χ1n) is 5.46. The molecule has 0 saturated carbocycles. The van der Waals surface area contributed by atoms with Crippen LogP contribution in [0, 0.1) is 5.92 Å². The van der Waals surface area contributed by atoms with Gasteiger partial charge in [0.25, 0.3) is 0 Å². The zero-order chi connectivity index (χ0) is 10.5. The van der Waals surface area contributed by atoms with Crippen LogP contribution in [0.5, 0.6) is 0 Å². The van der Waals surface area contributed by atoms with Crippen molar-refractivity contribution in [1.29, 1.82) is 0 Å². The number of carbonyl (C=O) groups is 1. The molecule has 1 atom stereocenters. The summed E-state index contributed by atoms with van der Waals surface area (Å²) in [5.74, 6) is 0.266. The fourth-order valence-electron chi connectivity index (χ4n) is 1.94. The van der Waals surface area contributed by atoms with Crippen molar-refractivity contribution in [1.82, 2.24) is 10.3 Å². The number of aromatic nitrogens is 1. The summed E-state index contributed by atoms with van der Waals surface area (Å²) in [5, 5.41) is 3.97. The maximum atomic E-state index is 11.4.